The third-order valence-corrected chi connectivity index (χ3v) is 4.97. The largest absolute Gasteiger partial charge is 1.00 e. The van der Waals surface area contributed by atoms with E-state index in [0.29, 0.717) is 0 Å². The van der Waals surface area contributed by atoms with Gasteiger partial charge in [-0.15, -0.1) is 0 Å². The van der Waals surface area contributed by atoms with Gasteiger partial charge in [0.2, 0.25) is 0 Å². The van der Waals surface area contributed by atoms with Crippen molar-refractivity contribution >= 4 is 0 Å². The van der Waals surface area contributed by atoms with Crippen LogP contribution in [-0.4, -0.2) is 19.1 Å². The van der Waals surface area contributed by atoms with Gasteiger partial charge >= 0.3 is 0 Å². The molecular formula is C18H38ClN. The summed E-state index contributed by atoms with van der Waals surface area (Å²) in [5, 5.41) is 0. The quantitative estimate of drug-likeness (QED) is 0.550. The van der Waals surface area contributed by atoms with E-state index in [9.17, 15) is 0 Å². The summed E-state index contributed by atoms with van der Waals surface area (Å²) in [5.41, 5.74) is 0. The fraction of sp³-hybridized carbons (Fsp3) is 1.00. The molecule has 0 aromatic heterocycles. The zero-order chi connectivity index (χ0) is 13.8. The smallest absolute Gasteiger partial charge is 0.0872 e. The lowest BCUT2D eigenvalue weighted by atomic mass is 9.99. The van der Waals surface area contributed by atoms with Gasteiger partial charge in [0, 0.05) is 0 Å². The first-order chi connectivity index (χ1) is 9.38. The maximum absolute atomic E-state index is 2.38. The monoisotopic (exact) mass is 303 g/mol. The van der Waals surface area contributed by atoms with E-state index in [1.54, 1.807) is 0 Å². The Labute approximate surface area is 134 Å². The molecule has 2 atom stereocenters. The van der Waals surface area contributed by atoms with E-state index in [0.717, 1.165) is 6.04 Å². The van der Waals surface area contributed by atoms with Crippen LogP contribution in [0.5, 0.6) is 0 Å². The molecule has 2 heteroatoms. The van der Waals surface area contributed by atoms with Crippen LogP contribution in [0.25, 0.3) is 0 Å². The minimum absolute atomic E-state index is 0. The molecule has 1 N–H and O–H groups in total. The van der Waals surface area contributed by atoms with Crippen molar-refractivity contribution in [3.8, 4) is 0 Å². The van der Waals surface area contributed by atoms with E-state index in [1.807, 2.05) is 4.90 Å². The molecule has 0 spiro atoms. The number of piperidine rings is 1. The maximum Gasteiger partial charge on any atom is 0.0872 e. The van der Waals surface area contributed by atoms with Crippen LogP contribution >= 0.6 is 0 Å². The van der Waals surface area contributed by atoms with Gasteiger partial charge in [0.05, 0.1) is 19.1 Å². The van der Waals surface area contributed by atoms with Crippen molar-refractivity contribution in [3.05, 3.63) is 0 Å². The van der Waals surface area contributed by atoms with Gasteiger partial charge in [-0.05, 0) is 38.5 Å². The van der Waals surface area contributed by atoms with Gasteiger partial charge in [-0.1, -0.05) is 58.8 Å². The topological polar surface area (TPSA) is 4.44 Å². The normalized spacial score (nSPS) is 22.5. The lowest BCUT2D eigenvalue weighted by Gasteiger charge is -2.32. The second-order valence-electron chi connectivity index (χ2n) is 6.59. The number of likely N-dealkylation sites (tertiary alicyclic amines) is 1. The third kappa shape index (κ3) is 9.23. The molecule has 0 saturated carbocycles. The predicted molar refractivity (Wildman–Crippen MR) is 85.9 cm³/mol. The number of hydrogen-bond acceptors (Lipinski definition) is 0. The average Bonchev–Trinajstić information content (AvgIpc) is 2.46. The Balaban J connectivity index is 0.00000361. The van der Waals surface area contributed by atoms with Gasteiger partial charge < -0.3 is 17.3 Å². The number of unbranched alkanes of at least 4 members (excludes halogenated alkanes) is 8. The number of quaternary nitrogens is 1. The van der Waals surface area contributed by atoms with Crippen molar-refractivity contribution in [1.29, 1.82) is 0 Å². The maximum atomic E-state index is 2.38. The summed E-state index contributed by atoms with van der Waals surface area (Å²) >= 11 is 0. The molecule has 0 aromatic rings. The molecule has 0 aliphatic carbocycles. The summed E-state index contributed by atoms with van der Waals surface area (Å²) in [7, 11) is 0. The Morgan fingerprint density at radius 3 is 2.00 bits per heavy atom. The summed E-state index contributed by atoms with van der Waals surface area (Å²) in [4.78, 5) is 1.93. The van der Waals surface area contributed by atoms with Crippen LogP contribution in [-0.2, 0) is 0 Å². The van der Waals surface area contributed by atoms with Crippen molar-refractivity contribution < 1.29 is 17.3 Å². The number of hydrogen-bond donors (Lipinski definition) is 1. The van der Waals surface area contributed by atoms with E-state index in [4.69, 9.17) is 0 Å². The molecule has 1 aliphatic rings. The van der Waals surface area contributed by atoms with E-state index in [-0.39, 0.29) is 12.4 Å². The standard InChI is InChI=1S/C18H37N.ClH/c1-3-5-6-7-8-9-10-11-13-16-19-17-14-12-15-18(19)4-2;/h18H,3-17H2,1-2H3;1H. The van der Waals surface area contributed by atoms with Gasteiger partial charge in [-0.2, -0.15) is 0 Å². The van der Waals surface area contributed by atoms with Crippen molar-refractivity contribution in [2.45, 2.75) is 103 Å². The van der Waals surface area contributed by atoms with Gasteiger partial charge in [0.1, 0.15) is 0 Å². The number of rotatable bonds is 11. The lowest BCUT2D eigenvalue weighted by Crippen LogP contribution is -3.16. The van der Waals surface area contributed by atoms with Crippen LogP contribution in [0.15, 0.2) is 0 Å². The Morgan fingerprint density at radius 2 is 1.40 bits per heavy atom. The molecular weight excluding hydrogens is 266 g/mol. The number of halogens is 1. The zero-order valence-corrected chi connectivity index (χ0v) is 14.8. The number of nitrogens with one attached hydrogen (secondary N) is 1. The van der Waals surface area contributed by atoms with Crippen molar-refractivity contribution in [1.82, 2.24) is 0 Å². The second kappa shape index (κ2) is 14.2. The zero-order valence-electron chi connectivity index (χ0n) is 14.1. The molecule has 0 aromatic carbocycles. The fourth-order valence-corrected chi connectivity index (χ4v) is 3.64. The van der Waals surface area contributed by atoms with Gasteiger partial charge in [0.25, 0.3) is 0 Å². The molecule has 1 nitrogen and oxygen atoms in total. The van der Waals surface area contributed by atoms with Crippen LogP contribution < -0.4 is 17.3 Å². The molecule has 0 bridgehead atoms. The summed E-state index contributed by atoms with van der Waals surface area (Å²) < 4.78 is 0. The SMILES string of the molecule is CCCCCCCCCCC[NH+]1CCCCC1CC.[Cl-]. The van der Waals surface area contributed by atoms with Crippen LogP contribution in [0.1, 0.15) is 97.3 Å². The molecule has 122 valence electrons. The lowest BCUT2D eigenvalue weighted by molar-refractivity contribution is -0.931. The minimum atomic E-state index is 0. The van der Waals surface area contributed by atoms with Crippen LogP contribution in [0.4, 0.5) is 0 Å². The molecule has 1 heterocycles. The second-order valence-corrected chi connectivity index (χ2v) is 6.59. The summed E-state index contributed by atoms with van der Waals surface area (Å²) in [6.45, 7) is 7.59. The minimum Gasteiger partial charge on any atom is -1.00 e. The van der Waals surface area contributed by atoms with E-state index in [2.05, 4.69) is 13.8 Å². The first-order valence-corrected chi connectivity index (χ1v) is 9.23. The molecule has 1 rings (SSSR count). The Morgan fingerprint density at radius 1 is 0.800 bits per heavy atom. The Kier molecular flexibility index (Phi) is 14.4. The highest BCUT2D eigenvalue weighted by molar-refractivity contribution is 4.59. The van der Waals surface area contributed by atoms with Crippen molar-refractivity contribution in [2.24, 2.45) is 0 Å². The summed E-state index contributed by atoms with van der Waals surface area (Å²) in [5.74, 6) is 0. The first kappa shape index (κ1) is 20.2. The Hall–Kier alpha value is 0.250. The molecule has 1 aliphatic heterocycles. The predicted octanol–water partition coefficient (Wildman–Crippen LogP) is 1.37. The summed E-state index contributed by atoms with van der Waals surface area (Å²) in [6, 6.07) is 0.989. The van der Waals surface area contributed by atoms with Crippen molar-refractivity contribution in [2.75, 3.05) is 13.1 Å². The molecule has 1 saturated heterocycles. The van der Waals surface area contributed by atoms with Crippen LogP contribution in [0.2, 0.25) is 0 Å². The fourth-order valence-electron chi connectivity index (χ4n) is 3.64. The molecule has 20 heavy (non-hydrogen) atoms. The molecule has 0 radical (unpaired) electrons. The summed E-state index contributed by atoms with van der Waals surface area (Å²) in [6.07, 6.45) is 19.0. The molecule has 2 unspecified atom stereocenters. The van der Waals surface area contributed by atoms with Gasteiger partial charge in [0.15, 0.2) is 0 Å². The average molecular weight is 304 g/mol. The first-order valence-electron chi connectivity index (χ1n) is 9.23. The third-order valence-electron chi connectivity index (χ3n) is 4.97. The highest BCUT2D eigenvalue weighted by atomic mass is 35.5. The highest BCUT2D eigenvalue weighted by Crippen LogP contribution is 2.10. The highest BCUT2D eigenvalue weighted by Gasteiger charge is 2.23. The van der Waals surface area contributed by atoms with E-state index >= 15 is 0 Å². The van der Waals surface area contributed by atoms with E-state index in [1.165, 1.54) is 96.6 Å². The van der Waals surface area contributed by atoms with Gasteiger partial charge in [-0.3, -0.25) is 0 Å². The van der Waals surface area contributed by atoms with Crippen LogP contribution in [0.3, 0.4) is 0 Å². The van der Waals surface area contributed by atoms with E-state index < -0.39 is 0 Å². The van der Waals surface area contributed by atoms with Crippen molar-refractivity contribution in [3.63, 3.8) is 0 Å². The van der Waals surface area contributed by atoms with Crippen LogP contribution in [0, 0.1) is 0 Å². The van der Waals surface area contributed by atoms with Gasteiger partial charge in [-0.25, -0.2) is 0 Å². The Bertz CT molecular complexity index is 196. The molecule has 1 fully saturated rings. The molecule has 0 amide bonds.